The number of nitrogens with one attached hydrogen (secondary N) is 1. The van der Waals surface area contributed by atoms with Crippen LogP contribution in [0, 0.1) is 13.8 Å². The number of sulfonamides is 1. The molecule has 1 aromatic carbocycles. The molecular weight excluding hydrogens is 358 g/mol. The predicted molar refractivity (Wildman–Crippen MR) is 94.9 cm³/mol. The van der Waals surface area contributed by atoms with Crippen molar-refractivity contribution in [1.82, 2.24) is 14.6 Å². The van der Waals surface area contributed by atoms with Crippen molar-refractivity contribution in [2.24, 2.45) is 5.14 Å². The molecular formula is C16H17N5O4S. The second-order valence-electron chi connectivity index (χ2n) is 5.72. The quantitative estimate of drug-likeness (QED) is 0.662. The summed E-state index contributed by atoms with van der Waals surface area (Å²) in [5.74, 6) is -0.473. The van der Waals surface area contributed by atoms with Crippen molar-refractivity contribution in [2.45, 2.75) is 18.7 Å². The van der Waals surface area contributed by atoms with E-state index < -0.39 is 16.0 Å². The number of methoxy groups -OCH3 is 1. The molecule has 0 bridgehead atoms. The topological polar surface area (TPSA) is 129 Å². The Bertz CT molecular complexity index is 1120. The Hall–Kier alpha value is -2.98. The van der Waals surface area contributed by atoms with E-state index in [1.54, 1.807) is 25.3 Å². The summed E-state index contributed by atoms with van der Waals surface area (Å²) in [7, 11) is -2.63. The van der Waals surface area contributed by atoms with E-state index in [1.807, 2.05) is 13.0 Å². The van der Waals surface area contributed by atoms with Gasteiger partial charge in [0.25, 0.3) is 5.82 Å². The van der Waals surface area contributed by atoms with Crippen LogP contribution in [-0.4, -0.2) is 36.1 Å². The number of fused-ring (bicyclic) bond motifs is 1. The normalized spacial score (nSPS) is 11.5. The monoisotopic (exact) mass is 375 g/mol. The van der Waals surface area contributed by atoms with Crippen LogP contribution < -0.4 is 10.5 Å². The Morgan fingerprint density at radius 3 is 2.62 bits per heavy atom. The van der Waals surface area contributed by atoms with Crippen LogP contribution in [0.2, 0.25) is 0 Å². The molecule has 10 heteroatoms. The zero-order chi connectivity index (χ0) is 19.1. The molecule has 0 amide bonds. The molecule has 136 valence electrons. The van der Waals surface area contributed by atoms with E-state index in [2.05, 4.69) is 20.1 Å². The van der Waals surface area contributed by atoms with Gasteiger partial charge in [0, 0.05) is 11.9 Å². The maximum absolute atomic E-state index is 11.8. The summed E-state index contributed by atoms with van der Waals surface area (Å²) in [5.41, 5.74) is 2.51. The van der Waals surface area contributed by atoms with E-state index >= 15 is 0 Å². The minimum absolute atomic E-state index is 0.00729. The van der Waals surface area contributed by atoms with E-state index in [4.69, 9.17) is 5.14 Å². The van der Waals surface area contributed by atoms with Crippen molar-refractivity contribution in [2.75, 3.05) is 12.4 Å². The molecule has 26 heavy (non-hydrogen) atoms. The van der Waals surface area contributed by atoms with Gasteiger partial charge in [0.15, 0.2) is 5.82 Å². The largest absolute Gasteiger partial charge is 0.463 e. The molecule has 0 radical (unpaired) electrons. The van der Waals surface area contributed by atoms with E-state index in [9.17, 15) is 13.2 Å². The summed E-state index contributed by atoms with van der Waals surface area (Å²) in [5, 5.41) is 12.4. The first-order chi connectivity index (χ1) is 12.2. The lowest BCUT2D eigenvalue weighted by Gasteiger charge is -2.12. The van der Waals surface area contributed by atoms with Gasteiger partial charge in [0.1, 0.15) is 5.52 Å². The highest BCUT2D eigenvalue weighted by Gasteiger charge is 2.17. The smallest absolute Gasteiger partial charge is 0.377 e. The second-order valence-corrected chi connectivity index (χ2v) is 7.25. The number of carbonyl (C=O) groups excluding carboxylic acids is 1. The predicted octanol–water partition coefficient (Wildman–Crippen LogP) is 1.52. The Morgan fingerprint density at radius 1 is 1.23 bits per heavy atom. The molecule has 9 nitrogen and oxygen atoms in total. The van der Waals surface area contributed by atoms with Crippen LogP contribution in [0.25, 0.3) is 5.52 Å². The van der Waals surface area contributed by atoms with E-state index in [-0.39, 0.29) is 10.7 Å². The molecule has 0 aliphatic carbocycles. The number of hydrogen-bond donors (Lipinski definition) is 2. The van der Waals surface area contributed by atoms with Gasteiger partial charge < -0.3 is 10.1 Å². The minimum Gasteiger partial charge on any atom is -0.463 e. The van der Waals surface area contributed by atoms with Gasteiger partial charge in [-0.25, -0.2) is 27.9 Å². The van der Waals surface area contributed by atoms with E-state index in [1.165, 1.54) is 17.7 Å². The fraction of sp³-hybridized carbons (Fsp3) is 0.188. The van der Waals surface area contributed by atoms with Crippen LogP contribution in [0.15, 0.2) is 35.4 Å². The molecule has 0 saturated carbocycles. The minimum atomic E-state index is -3.87. The highest BCUT2D eigenvalue weighted by molar-refractivity contribution is 7.89. The summed E-state index contributed by atoms with van der Waals surface area (Å²) in [4.78, 5) is 16.0. The molecule has 3 rings (SSSR count). The summed E-state index contributed by atoms with van der Waals surface area (Å²) in [6.45, 7) is 3.52. The lowest BCUT2D eigenvalue weighted by atomic mass is 10.2. The van der Waals surface area contributed by atoms with Gasteiger partial charge in [-0.05, 0) is 43.2 Å². The number of carbonyl (C=O) groups is 1. The maximum Gasteiger partial charge on any atom is 0.377 e. The van der Waals surface area contributed by atoms with Crippen molar-refractivity contribution in [1.29, 1.82) is 0 Å². The van der Waals surface area contributed by atoms with Crippen LogP contribution >= 0.6 is 0 Å². The third-order valence-electron chi connectivity index (χ3n) is 3.84. The number of esters is 1. The molecule has 0 fully saturated rings. The highest BCUT2D eigenvalue weighted by atomic mass is 32.2. The number of hydrogen-bond acceptors (Lipinski definition) is 7. The molecule has 0 aliphatic rings. The van der Waals surface area contributed by atoms with Gasteiger partial charge in [-0.3, -0.25) is 0 Å². The third kappa shape index (κ3) is 3.24. The Kier molecular flexibility index (Phi) is 4.38. The SMILES string of the molecule is COC(=O)c1nc(Nc2ccc(C)c(S(N)(=O)=O)c2)c2c(C)ccn2n1. The van der Waals surface area contributed by atoms with Gasteiger partial charge in [0.05, 0.1) is 12.0 Å². The van der Waals surface area contributed by atoms with Gasteiger partial charge in [-0.2, -0.15) is 0 Å². The fourth-order valence-corrected chi connectivity index (χ4v) is 3.37. The number of aryl methyl sites for hydroxylation is 2. The van der Waals surface area contributed by atoms with Crippen molar-refractivity contribution in [3.63, 3.8) is 0 Å². The summed E-state index contributed by atoms with van der Waals surface area (Å²) < 4.78 is 29.6. The summed E-state index contributed by atoms with van der Waals surface area (Å²) in [6.07, 6.45) is 1.69. The van der Waals surface area contributed by atoms with Crippen LogP contribution in [-0.2, 0) is 14.8 Å². The Balaban J connectivity index is 2.14. The number of nitrogens with zero attached hydrogens (tertiary/aromatic N) is 3. The molecule has 2 aromatic heterocycles. The first-order valence-electron chi connectivity index (χ1n) is 7.55. The van der Waals surface area contributed by atoms with Crippen LogP contribution in [0.1, 0.15) is 21.7 Å². The molecule has 0 atom stereocenters. The van der Waals surface area contributed by atoms with Crippen molar-refractivity contribution in [3.05, 3.63) is 47.4 Å². The number of benzene rings is 1. The van der Waals surface area contributed by atoms with E-state index in [0.29, 0.717) is 22.6 Å². The number of anilines is 2. The number of aromatic nitrogens is 3. The lowest BCUT2D eigenvalue weighted by Crippen LogP contribution is -2.14. The Morgan fingerprint density at radius 2 is 1.96 bits per heavy atom. The number of nitrogens with two attached hydrogens (primary N) is 1. The van der Waals surface area contributed by atoms with Gasteiger partial charge in [-0.1, -0.05) is 6.07 Å². The first-order valence-corrected chi connectivity index (χ1v) is 9.10. The average molecular weight is 375 g/mol. The molecule has 2 heterocycles. The molecule has 0 aliphatic heterocycles. The first kappa shape index (κ1) is 17.8. The number of rotatable bonds is 4. The molecule has 3 N–H and O–H groups in total. The third-order valence-corrected chi connectivity index (χ3v) is 4.89. The van der Waals surface area contributed by atoms with Gasteiger partial charge in [-0.15, -0.1) is 5.10 Å². The molecule has 0 saturated heterocycles. The zero-order valence-electron chi connectivity index (χ0n) is 14.3. The standard InChI is InChI=1S/C16H17N5O4S/c1-9-4-5-11(8-12(9)26(17,23)24)18-14-13-10(2)6-7-21(13)20-15(19-14)16(22)25-3/h4-8H,1-3H3,(H2,17,23,24)(H,18,19,20). The lowest BCUT2D eigenvalue weighted by molar-refractivity contribution is 0.0585. The number of primary sulfonamides is 1. The number of ether oxygens (including phenoxy) is 1. The van der Waals surface area contributed by atoms with Gasteiger partial charge in [0.2, 0.25) is 10.0 Å². The zero-order valence-corrected chi connectivity index (χ0v) is 15.2. The molecule has 3 aromatic rings. The summed E-state index contributed by atoms with van der Waals surface area (Å²) in [6, 6.07) is 6.56. The van der Waals surface area contributed by atoms with Crippen LogP contribution in [0.3, 0.4) is 0 Å². The van der Waals surface area contributed by atoms with Crippen molar-refractivity contribution in [3.8, 4) is 0 Å². The molecule has 0 spiro atoms. The average Bonchev–Trinajstić information content (AvgIpc) is 2.96. The van der Waals surface area contributed by atoms with E-state index in [0.717, 1.165) is 5.56 Å². The Labute approximate surface area is 149 Å². The second kappa shape index (κ2) is 6.39. The van der Waals surface area contributed by atoms with Gasteiger partial charge >= 0.3 is 5.97 Å². The van der Waals surface area contributed by atoms with Crippen molar-refractivity contribution < 1.29 is 17.9 Å². The maximum atomic E-state index is 11.8. The molecule has 0 unspecified atom stereocenters. The fourth-order valence-electron chi connectivity index (χ4n) is 2.56. The van der Waals surface area contributed by atoms with Crippen LogP contribution in [0.5, 0.6) is 0 Å². The highest BCUT2D eigenvalue weighted by Crippen LogP contribution is 2.26. The summed E-state index contributed by atoms with van der Waals surface area (Å²) >= 11 is 0. The van der Waals surface area contributed by atoms with Crippen molar-refractivity contribution >= 4 is 33.0 Å². The van der Waals surface area contributed by atoms with Crippen LogP contribution in [0.4, 0.5) is 11.5 Å².